The van der Waals surface area contributed by atoms with Gasteiger partial charge in [-0.25, -0.2) is 0 Å². The summed E-state index contributed by atoms with van der Waals surface area (Å²) in [5.41, 5.74) is -0.420. The number of rotatable bonds is 6. The van der Waals surface area contributed by atoms with Crippen LogP contribution < -0.4 is 10.1 Å². The van der Waals surface area contributed by atoms with E-state index in [-0.39, 0.29) is 12.5 Å². The molecule has 1 aromatic carbocycles. The van der Waals surface area contributed by atoms with E-state index < -0.39 is 5.60 Å². The van der Waals surface area contributed by atoms with Gasteiger partial charge in [0.05, 0.1) is 18.3 Å². The summed E-state index contributed by atoms with van der Waals surface area (Å²) in [4.78, 5) is 12.1. The summed E-state index contributed by atoms with van der Waals surface area (Å²) >= 11 is 0. The van der Waals surface area contributed by atoms with Gasteiger partial charge < -0.3 is 15.2 Å². The summed E-state index contributed by atoms with van der Waals surface area (Å²) in [6.45, 7) is 6.03. The van der Waals surface area contributed by atoms with Crippen LogP contribution in [0.4, 0.5) is 0 Å². The van der Waals surface area contributed by atoms with Crippen molar-refractivity contribution in [3.05, 3.63) is 29.8 Å². The van der Waals surface area contributed by atoms with Crippen LogP contribution in [-0.4, -0.2) is 30.3 Å². The minimum atomic E-state index is -0.897. The molecule has 0 fully saturated rings. The van der Waals surface area contributed by atoms with Gasteiger partial charge in [-0.2, -0.15) is 0 Å². The molecule has 4 heteroatoms. The zero-order valence-electron chi connectivity index (χ0n) is 12.1. The van der Waals surface area contributed by atoms with Crippen molar-refractivity contribution in [3.8, 4) is 5.75 Å². The van der Waals surface area contributed by atoms with Crippen LogP contribution in [0.15, 0.2) is 24.3 Å². The highest BCUT2D eigenvalue weighted by molar-refractivity contribution is 5.96. The minimum Gasteiger partial charge on any atom is -0.496 e. The van der Waals surface area contributed by atoms with Crippen molar-refractivity contribution < 1.29 is 14.6 Å². The highest BCUT2D eigenvalue weighted by Crippen LogP contribution is 2.18. The highest BCUT2D eigenvalue weighted by atomic mass is 16.5. The fourth-order valence-corrected chi connectivity index (χ4v) is 2.15. The summed E-state index contributed by atoms with van der Waals surface area (Å²) in [7, 11) is 1.53. The van der Waals surface area contributed by atoms with Gasteiger partial charge in [0.1, 0.15) is 5.75 Å². The van der Waals surface area contributed by atoms with Gasteiger partial charge in [-0.15, -0.1) is 0 Å². The molecule has 2 N–H and O–H groups in total. The van der Waals surface area contributed by atoms with E-state index in [9.17, 15) is 9.90 Å². The lowest BCUT2D eigenvalue weighted by Gasteiger charge is -2.25. The second-order valence-electron chi connectivity index (χ2n) is 5.48. The Hall–Kier alpha value is -1.55. The Morgan fingerprint density at radius 3 is 2.63 bits per heavy atom. The molecule has 0 aromatic heterocycles. The van der Waals surface area contributed by atoms with Crippen molar-refractivity contribution in [3.63, 3.8) is 0 Å². The Morgan fingerprint density at radius 2 is 2.05 bits per heavy atom. The van der Waals surface area contributed by atoms with E-state index in [0.717, 1.165) is 0 Å². The molecule has 19 heavy (non-hydrogen) atoms. The highest BCUT2D eigenvalue weighted by Gasteiger charge is 2.23. The Kier molecular flexibility index (Phi) is 5.36. The molecule has 0 aliphatic rings. The lowest BCUT2D eigenvalue weighted by molar-refractivity contribution is 0.0368. The van der Waals surface area contributed by atoms with Gasteiger partial charge in [-0.05, 0) is 31.4 Å². The molecule has 106 valence electrons. The minimum absolute atomic E-state index is 0.224. The number of hydrogen-bond acceptors (Lipinski definition) is 3. The normalized spacial score (nSPS) is 14.0. The van der Waals surface area contributed by atoms with Crippen LogP contribution in [0, 0.1) is 5.92 Å². The number of para-hydroxylation sites is 1. The maximum absolute atomic E-state index is 12.1. The van der Waals surface area contributed by atoms with Crippen LogP contribution in [0.25, 0.3) is 0 Å². The first kappa shape index (κ1) is 15.5. The third-order valence-electron chi connectivity index (χ3n) is 2.83. The van der Waals surface area contributed by atoms with Gasteiger partial charge in [-0.3, -0.25) is 4.79 Å². The maximum Gasteiger partial charge on any atom is 0.255 e. The van der Waals surface area contributed by atoms with Gasteiger partial charge >= 0.3 is 0 Å². The molecule has 1 rings (SSSR count). The van der Waals surface area contributed by atoms with E-state index in [0.29, 0.717) is 23.7 Å². The number of carbonyl (C=O) groups is 1. The fraction of sp³-hybridized carbons (Fsp3) is 0.533. The van der Waals surface area contributed by atoms with Gasteiger partial charge in [0, 0.05) is 6.54 Å². The van der Waals surface area contributed by atoms with Gasteiger partial charge in [0.15, 0.2) is 0 Å². The number of aliphatic hydroxyl groups is 1. The lowest BCUT2D eigenvalue weighted by Crippen LogP contribution is -2.41. The average Bonchev–Trinajstić information content (AvgIpc) is 2.34. The predicted octanol–water partition coefficient (Wildman–Crippen LogP) is 2.22. The first-order chi connectivity index (χ1) is 8.85. The van der Waals surface area contributed by atoms with Crippen LogP contribution in [0.5, 0.6) is 5.75 Å². The Bertz CT molecular complexity index is 427. The Morgan fingerprint density at radius 1 is 1.42 bits per heavy atom. The van der Waals surface area contributed by atoms with E-state index in [4.69, 9.17) is 4.74 Å². The number of carbonyl (C=O) groups excluding carboxylic acids is 1. The molecule has 0 aliphatic heterocycles. The molecular formula is C15H23NO3. The first-order valence-corrected chi connectivity index (χ1v) is 6.49. The second-order valence-corrected chi connectivity index (χ2v) is 5.48. The number of ether oxygens (including phenoxy) is 1. The third kappa shape index (κ3) is 4.91. The van der Waals surface area contributed by atoms with Gasteiger partial charge in [0.25, 0.3) is 5.91 Å². The summed E-state index contributed by atoms with van der Waals surface area (Å²) in [5, 5.41) is 12.9. The van der Waals surface area contributed by atoms with Gasteiger partial charge in [-0.1, -0.05) is 26.0 Å². The van der Waals surface area contributed by atoms with Crippen molar-refractivity contribution in [1.29, 1.82) is 0 Å². The molecule has 0 bridgehead atoms. The van der Waals surface area contributed by atoms with Crippen molar-refractivity contribution in [2.75, 3.05) is 13.7 Å². The van der Waals surface area contributed by atoms with E-state index in [1.54, 1.807) is 25.1 Å². The molecular weight excluding hydrogens is 242 g/mol. The molecule has 0 saturated carbocycles. The van der Waals surface area contributed by atoms with Gasteiger partial charge in [0.2, 0.25) is 0 Å². The average molecular weight is 265 g/mol. The summed E-state index contributed by atoms with van der Waals surface area (Å²) in [6, 6.07) is 7.03. The monoisotopic (exact) mass is 265 g/mol. The van der Waals surface area contributed by atoms with Crippen LogP contribution in [-0.2, 0) is 0 Å². The number of hydrogen-bond donors (Lipinski definition) is 2. The maximum atomic E-state index is 12.1. The third-order valence-corrected chi connectivity index (χ3v) is 2.83. The molecule has 1 aromatic rings. The SMILES string of the molecule is COc1ccccc1C(=O)NCC(C)(O)CC(C)C. The molecule has 0 radical (unpaired) electrons. The molecule has 0 spiro atoms. The first-order valence-electron chi connectivity index (χ1n) is 6.49. The largest absolute Gasteiger partial charge is 0.496 e. The van der Waals surface area contributed by atoms with Crippen molar-refractivity contribution >= 4 is 5.91 Å². The number of methoxy groups -OCH3 is 1. The van der Waals surface area contributed by atoms with Crippen molar-refractivity contribution in [2.24, 2.45) is 5.92 Å². The molecule has 0 heterocycles. The quantitative estimate of drug-likeness (QED) is 0.829. The number of benzene rings is 1. The number of amides is 1. The topological polar surface area (TPSA) is 58.6 Å². The van der Waals surface area contributed by atoms with Crippen LogP contribution >= 0.6 is 0 Å². The Balaban J connectivity index is 2.65. The zero-order valence-corrected chi connectivity index (χ0v) is 12.1. The Labute approximate surface area is 114 Å². The molecule has 4 nitrogen and oxygen atoms in total. The molecule has 0 aliphatic carbocycles. The zero-order chi connectivity index (χ0) is 14.5. The molecule has 1 unspecified atom stereocenters. The molecule has 1 atom stereocenters. The smallest absolute Gasteiger partial charge is 0.255 e. The van der Waals surface area contributed by atoms with Crippen LogP contribution in [0.2, 0.25) is 0 Å². The van der Waals surface area contributed by atoms with Crippen molar-refractivity contribution in [2.45, 2.75) is 32.8 Å². The van der Waals surface area contributed by atoms with Crippen LogP contribution in [0.3, 0.4) is 0 Å². The van der Waals surface area contributed by atoms with E-state index in [2.05, 4.69) is 5.32 Å². The molecule has 1 amide bonds. The van der Waals surface area contributed by atoms with Crippen LogP contribution in [0.1, 0.15) is 37.6 Å². The summed E-state index contributed by atoms with van der Waals surface area (Å²) in [5.74, 6) is 0.670. The van der Waals surface area contributed by atoms with E-state index in [1.165, 1.54) is 7.11 Å². The van der Waals surface area contributed by atoms with E-state index >= 15 is 0 Å². The predicted molar refractivity (Wildman–Crippen MR) is 75.4 cm³/mol. The fourth-order valence-electron chi connectivity index (χ4n) is 2.15. The second kappa shape index (κ2) is 6.57. The summed E-state index contributed by atoms with van der Waals surface area (Å²) < 4.78 is 5.14. The van der Waals surface area contributed by atoms with Crippen molar-refractivity contribution in [1.82, 2.24) is 5.32 Å². The standard InChI is InChI=1S/C15H23NO3/c1-11(2)9-15(3,18)10-16-14(17)12-7-5-6-8-13(12)19-4/h5-8,11,18H,9-10H2,1-4H3,(H,16,17). The summed E-state index contributed by atoms with van der Waals surface area (Å²) in [6.07, 6.45) is 0.638. The molecule has 0 saturated heterocycles. The number of nitrogens with one attached hydrogen (secondary N) is 1. The van der Waals surface area contributed by atoms with E-state index in [1.807, 2.05) is 19.9 Å². The lowest BCUT2D eigenvalue weighted by atomic mass is 9.94.